The fourth-order valence-electron chi connectivity index (χ4n) is 2.61. The highest BCUT2D eigenvalue weighted by molar-refractivity contribution is 5.95. The average Bonchev–Trinajstić information content (AvgIpc) is 2.83. The van der Waals surface area contributed by atoms with Crippen molar-refractivity contribution in [3.05, 3.63) is 71.3 Å². The van der Waals surface area contributed by atoms with Gasteiger partial charge in [-0.3, -0.25) is 0 Å². The smallest absolute Gasteiger partial charge is 0.341 e. The maximum atomic E-state index is 12.2. The third kappa shape index (κ3) is 2.34. The van der Waals surface area contributed by atoms with E-state index < -0.39 is 5.79 Å². The van der Waals surface area contributed by atoms with Gasteiger partial charge in [0.05, 0.1) is 12.2 Å². The molecule has 0 spiro atoms. The van der Waals surface area contributed by atoms with Crippen molar-refractivity contribution in [2.24, 2.45) is 0 Å². The van der Waals surface area contributed by atoms with Gasteiger partial charge in [-0.1, -0.05) is 61.9 Å². The first kappa shape index (κ1) is 13.8. The first-order chi connectivity index (χ1) is 10.3. The molecule has 108 valence electrons. The van der Waals surface area contributed by atoms with Crippen molar-refractivity contribution in [2.45, 2.75) is 25.6 Å². The number of carbonyl (C=O) groups is 1. The lowest BCUT2D eigenvalue weighted by Crippen LogP contribution is -2.32. The molecule has 1 aliphatic heterocycles. The van der Waals surface area contributed by atoms with Crippen LogP contribution in [0.15, 0.2) is 54.6 Å². The highest BCUT2D eigenvalue weighted by atomic mass is 16.7. The molecular formula is C18H18O3. The number of hydrogen-bond donors (Lipinski definition) is 0. The summed E-state index contributed by atoms with van der Waals surface area (Å²) in [5, 5.41) is 0. The Bertz CT molecular complexity index is 636. The summed E-state index contributed by atoms with van der Waals surface area (Å²) in [6, 6.07) is 17.1. The van der Waals surface area contributed by atoms with Gasteiger partial charge in [-0.15, -0.1) is 0 Å². The summed E-state index contributed by atoms with van der Waals surface area (Å²) in [7, 11) is 0. The lowest BCUT2D eigenvalue weighted by atomic mass is 9.95. The highest BCUT2D eigenvalue weighted by Crippen LogP contribution is 2.42. The molecule has 3 rings (SSSR count). The number of ether oxygens (including phenoxy) is 2. The highest BCUT2D eigenvalue weighted by Gasteiger charge is 2.48. The summed E-state index contributed by atoms with van der Waals surface area (Å²) < 4.78 is 11.8. The minimum absolute atomic E-state index is 0.328. The third-order valence-corrected chi connectivity index (χ3v) is 3.70. The van der Waals surface area contributed by atoms with E-state index in [0.29, 0.717) is 12.2 Å². The fraction of sp³-hybridized carbons (Fsp3) is 0.278. The molecule has 0 unspecified atom stereocenters. The maximum absolute atomic E-state index is 12.2. The molecule has 21 heavy (non-hydrogen) atoms. The maximum Gasteiger partial charge on any atom is 0.341 e. The summed E-state index contributed by atoms with van der Waals surface area (Å²) >= 11 is 0. The Kier molecular flexibility index (Phi) is 3.76. The van der Waals surface area contributed by atoms with E-state index in [1.54, 1.807) is 6.07 Å². The molecule has 1 aliphatic rings. The SMILES string of the molecule is CCCCO[C@@]1(c2ccccc2)OC(=O)c2ccccc21. The van der Waals surface area contributed by atoms with Gasteiger partial charge in [0.2, 0.25) is 0 Å². The Hall–Kier alpha value is -2.13. The third-order valence-electron chi connectivity index (χ3n) is 3.70. The van der Waals surface area contributed by atoms with Gasteiger partial charge >= 0.3 is 5.97 Å². The molecule has 0 fully saturated rings. The Morgan fingerprint density at radius 3 is 2.52 bits per heavy atom. The van der Waals surface area contributed by atoms with Crippen molar-refractivity contribution in [3.8, 4) is 0 Å². The number of carbonyl (C=O) groups excluding carboxylic acids is 1. The van der Waals surface area contributed by atoms with E-state index in [1.807, 2.05) is 48.5 Å². The van der Waals surface area contributed by atoms with Crippen LogP contribution in [0.25, 0.3) is 0 Å². The van der Waals surface area contributed by atoms with Crippen LogP contribution in [0.5, 0.6) is 0 Å². The number of esters is 1. The minimum atomic E-state index is -1.11. The van der Waals surface area contributed by atoms with Crippen LogP contribution in [0.1, 0.15) is 41.3 Å². The molecule has 0 aliphatic carbocycles. The zero-order valence-corrected chi connectivity index (χ0v) is 12.0. The van der Waals surface area contributed by atoms with E-state index in [9.17, 15) is 4.79 Å². The van der Waals surface area contributed by atoms with Crippen molar-refractivity contribution >= 4 is 5.97 Å². The van der Waals surface area contributed by atoms with Crippen molar-refractivity contribution < 1.29 is 14.3 Å². The Balaban J connectivity index is 2.08. The summed E-state index contributed by atoms with van der Waals surface area (Å²) in [5.74, 6) is -1.43. The van der Waals surface area contributed by atoms with E-state index in [1.165, 1.54) is 0 Å². The molecule has 2 aromatic rings. The van der Waals surface area contributed by atoms with E-state index in [2.05, 4.69) is 6.92 Å². The molecule has 1 heterocycles. The second-order valence-corrected chi connectivity index (χ2v) is 5.12. The predicted molar refractivity (Wildman–Crippen MR) is 79.9 cm³/mol. The molecule has 0 bridgehead atoms. The molecule has 0 aromatic heterocycles. The van der Waals surface area contributed by atoms with Crippen molar-refractivity contribution in [3.63, 3.8) is 0 Å². The van der Waals surface area contributed by atoms with Gasteiger partial charge in [0, 0.05) is 11.1 Å². The van der Waals surface area contributed by atoms with Gasteiger partial charge in [0.25, 0.3) is 5.79 Å². The lowest BCUT2D eigenvalue weighted by Gasteiger charge is -2.29. The van der Waals surface area contributed by atoms with E-state index in [0.717, 1.165) is 24.0 Å². The fourth-order valence-corrected chi connectivity index (χ4v) is 2.61. The summed E-state index contributed by atoms with van der Waals surface area (Å²) in [6.07, 6.45) is 1.95. The van der Waals surface area contributed by atoms with Gasteiger partial charge in [0.15, 0.2) is 0 Å². The topological polar surface area (TPSA) is 35.5 Å². The van der Waals surface area contributed by atoms with Crippen LogP contribution in [-0.2, 0) is 15.3 Å². The van der Waals surface area contributed by atoms with Crippen LogP contribution < -0.4 is 0 Å². The number of cyclic esters (lactones) is 1. The van der Waals surface area contributed by atoms with Crippen LogP contribution in [0, 0.1) is 0 Å². The standard InChI is InChI=1S/C18H18O3/c1-2-3-13-20-18(14-9-5-4-6-10-14)16-12-8-7-11-15(16)17(19)21-18/h4-12H,2-3,13H2,1H3/t18-/m0/s1. The van der Waals surface area contributed by atoms with Crippen molar-refractivity contribution in [2.75, 3.05) is 6.61 Å². The summed E-state index contributed by atoms with van der Waals surface area (Å²) in [6.45, 7) is 2.65. The summed E-state index contributed by atoms with van der Waals surface area (Å²) in [5.41, 5.74) is 2.22. The van der Waals surface area contributed by atoms with E-state index >= 15 is 0 Å². The number of benzene rings is 2. The lowest BCUT2D eigenvalue weighted by molar-refractivity contribution is -0.174. The van der Waals surface area contributed by atoms with Crippen LogP contribution in [0.2, 0.25) is 0 Å². The monoisotopic (exact) mass is 282 g/mol. The molecule has 0 amide bonds. The molecule has 1 atom stereocenters. The van der Waals surface area contributed by atoms with E-state index in [-0.39, 0.29) is 5.97 Å². The number of unbranched alkanes of at least 4 members (excludes halogenated alkanes) is 1. The Labute approximate surface area is 124 Å². The normalized spacial score (nSPS) is 20.1. The zero-order valence-electron chi connectivity index (χ0n) is 12.0. The number of hydrogen-bond acceptors (Lipinski definition) is 3. The number of rotatable bonds is 5. The van der Waals surface area contributed by atoms with Crippen molar-refractivity contribution in [1.82, 2.24) is 0 Å². The second-order valence-electron chi connectivity index (χ2n) is 5.12. The Morgan fingerprint density at radius 2 is 1.76 bits per heavy atom. The summed E-state index contributed by atoms with van der Waals surface area (Å²) in [4.78, 5) is 12.2. The molecule has 0 radical (unpaired) electrons. The van der Waals surface area contributed by atoms with Crippen LogP contribution in [-0.4, -0.2) is 12.6 Å². The van der Waals surface area contributed by atoms with Gasteiger partial charge in [-0.05, 0) is 12.5 Å². The van der Waals surface area contributed by atoms with Crippen molar-refractivity contribution in [1.29, 1.82) is 0 Å². The molecule has 3 nitrogen and oxygen atoms in total. The van der Waals surface area contributed by atoms with E-state index in [4.69, 9.17) is 9.47 Å². The molecule has 0 N–H and O–H groups in total. The van der Waals surface area contributed by atoms with Crippen LogP contribution >= 0.6 is 0 Å². The molecule has 0 saturated heterocycles. The Morgan fingerprint density at radius 1 is 1.05 bits per heavy atom. The van der Waals surface area contributed by atoms with Gasteiger partial charge in [0.1, 0.15) is 0 Å². The first-order valence-corrected chi connectivity index (χ1v) is 7.30. The minimum Gasteiger partial charge on any atom is -0.420 e. The molecule has 3 heteroatoms. The molecule has 0 saturated carbocycles. The first-order valence-electron chi connectivity index (χ1n) is 7.30. The number of fused-ring (bicyclic) bond motifs is 1. The zero-order chi connectivity index (χ0) is 14.7. The van der Waals surface area contributed by atoms with Crippen LogP contribution in [0.4, 0.5) is 0 Å². The van der Waals surface area contributed by atoms with Gasteiger partial charge in [-0.25, -0.2) is 4.79 Å². The molecule has 2 aromatic carbocycles. The van der Waals surface area contributed by atoms with Gasteiger partial charge in [-0.2, -0.15) is 0 Å². The largest absolute Gasteiger partial charge is 0.420 e. The second kappa shape index (κ2) is 5.70. The molecular weight excluding hydrogens is 264 g/mol. The van der Waals surface area contributed by atoms with Crippen LogP contribution in [0.3, 0.4) is 0 Å². The predicted octanol–water partition coefficient (Wildman–Crippen LogP) is 3.87. The average molecular weight is 282 g/mol. The quantitative estimate of drug-likeness (QED) is 0.617. The van der Waals surface area contributed by atoms with Gasteiger partial charge < -0.3 is 9.47 Å².